The number of carbonyl (C=O) groups excluding carboxylic acids is 2. The fourth-order valence-electron chi connectivity index (χ4n) is 2.20. The maximum Gasteiger partial charge on any atom is 0.243 e. The lowest BCUT2D eigenvalue weighted by Gasteiger charge is -2.15. The SMILES string of the molecule is CC[C@H](C(=O)NCC(=O)Nc1cccnc1)c1ccc(F)cc1. The van der Waals surface area contributed by atoms with Crippen molar-refractivity contribution in [3.8, 4) is 0 Å². The van der Waals surface area contributed by atoms with Crippen LogP contribution in [0.5, 0.6) is 0 Å². The molecule has 0 bridgehead atoms. The van der Waals surface area contributed by atoms with Crippen molar-refractivity contribution < 1.29 is 14.0 Å². The van der Waals surface area contributed by atoms with Crippen LogP contribution in [0.1, 0.15) is 24.8 Å². The number of hydrogen-bond acceptors (Lipinski definition) is 3. The fourth-order valence-corrected chi connectivity index (χ4v) is 2.20. The number of rotatable bonds is 6. The number of anilines is 1. The van der Waals surface area contributed by atoms with E-state index >= 15 is 0 Å². The van der Waals surface area contributed by atoms with Crippen molar-refractivity contribution in [2.24, 2.45) is 0 Å². The third-order valence-electron chi connectivity index (χ3n) is 3.37. The molecule has 0 aliphatic rings. The van der Waals surface area contributed by atoms with E-state index in [1.54, 1.807) is 30.5 Å². The van der Waals surface area contributed by atoms with Crippen molar-refractivity contribution in [1.29, 1.82) is 0 Å². The second-order valence-corrected chi connectivity index (χ2v) is 5.02. The summed E-state index contributed by atoms with van der Waals surface area (Å²) >= 11 is 0. The molecule has 0 unspecified atom stereocenters. The van der Waals surface area contributed by atoms with Crippen LogP contribution < -0.4 is 10.6 Å². The van der Waals surface area contributed by atoms with Gasteiger partial charge in [0, 0.05) is 6.20 Å². The van der Waals surface area contributed by atoms with Gasteiger partial charge in [-0.2, -0.15) is 0 Å². The van der Waals surface area contributed by atoms with Crippen LogP contribution in [-0.2, 0) is 9.59 Å². The summed E-state index contributed by atoms with van der Waals surface area (Å²) in [4.78, 5) is 27.9. The van der Waals surface area contributed by atoms with Crippen LogP contribution in [0.2, 0.25) is 0 Å². The van der Waals surface area contributed by atoms with Crippen molar-refractivity contribution in [1.82, 2.24) is 10.3 Å². The van der Waals surface area contributed by atoms with E-state index in [2.05, 4.69) is 15.6 Å². The Bertz CT molecular complexity index is 659. The zero-order chi connectivity index (χ0) is 16.7. The average Bonchev–Trinajstić information content (AvgIpc) is 2.56. The molecule has 2 rings (SSSR count). The Morgan fingerprint density at radius 3 is 2.57 bits per heavy atom. The van der Waals surface area contributed by atoms with Crippen molar-refractivity contribution in [2.45, 2.75) is 19.3 Å². The quantitative estimate of drug-likeness (QED) is 0.860. The number of carbonyl (C=O) groups is 2. The molecule has 0 spiro atoms. The van der Waals surface area contributed by atoms with E-state index in [9.17, 15) is 14.0 Å². The molecule has 23 heavy (non-hydrogen) atoms. The highest BCUT2D eigenvalue weighted by Gasteiger charge is 2.19. The lowest BCUT2D eigenvalue weighted by molar-refractivity contribution is -0.125. The number of pyridine rings is 1. The predicted molar refractivity (Wildman–Crippen MR) is 85.3 cm³/mol. The van der Waals surface area contributed by atoms with E-state index in [4.69, 9.17) is 0 Å². The highest BCUT2D eigenvalue weighted by Crippen LogP contribution is 2.19. The number of hydrogen-bond donors (Lipinski definition) is 2. The second kappa shape index (κ2) is 8.03. The van der Waals surface area contributed by atoms with Crippen LogP contribution in [0.25, 0.3) is 0 Å². The van der Waals surface area contributed by atoms with Crippen LogP contribution in [0, 0.1) is 5.82 Å². The summed E-state index contributed by atoms with van der Waals surface area (Å²) in [6.45, 7) is 1.73. The van der Waals surface area contributed by atoms with Gasteiger partial charge in [-0.1, -0.05) is 19.1 Å². The predicted octanol–water partition coefficient (Wildman–Crippen LogP) is 2.47. The first-order valence-electron chi connectivity index (χ1n) is 7.33. The highest BCUT2D eigenvalue weighted by molar-refractivity contribution is 5.95. The molecule has 0 saturated heterocycles. The first-order valence-corrected chi connectivity index (χ1v) is 7.33. The Morgan fingerprint density at radius 1 is 1.22 bits per heavy atom. The van der Waals surface area contributed by atoms with Gasteiger partial charge >= 0.3 is 0 Å². The Kier molecular flexibility index (Phi) is 5.80. The van der Waals surface area contributed by atoms with Crippen molar-refractivity contribution >= 4 is 17.5 Å². The van der Waals surface area contributed by atoms with E-state index in [-0.39, 0.29) is 24.2 Å². The van der Waals surface area contributed by atoms with E-state index in [0.29, 0.717) is 12.1 Å². The van der Waals surface area contributed by atoms with Gasteiger partial charge in [0.1, 0.15) is 5.82 Å². The average molecular weight is 315 g/mol. The maximum absolute atomic E-state index is 13.0. The van der Waals surface area contributed by atoms with E-state index in [1.807, 2.05) is 6.92 Å². The molecule has 6 heteroatoms. The number of amides is 2. The topological polar surface area (TPSA) is 71.1 Å². The summed E-state index contributed by atoms with van der Waals surface area (Å²) in [6.07, 6.45) is 3.68. The Balaban J connectivity index is 1.89. The monoisotopic (exact) mass is 315 g/mol. The second-order valence-electron chi connectivity index (χ2n) is 5.02. The van der Waals surface area contributed by atoms with E-state index in [0.717, 1.165) is 5.56 Å². The largest absolute Gasteiger partial charge is 0.346 e. The van der Waals surface area contributed by atoms with E-state index < -0.39 is 5.92 Å². The molecule has 5 nitrogen and oxygen atoms in total. The Hall–Kier alpha value is -2.76. The van der Waals surface area contributed by atoms with Crippen LogP contribution in [0.4, 0.5) is 10.1 Å². The van der Waals surface area contributed by atoms with Crippen LogP contribution >= 0.6 is 0 Å². The molecular formula is C17H18FN3O2. The zero-order valence-corrected chi connectivity index (χ0v) is 12.8. The van der Waals surface area contributed by atoms with Gasteiger partial charge in [-0.15, -0.1) is 0 Å². The molecule has 2 amide bonds. The fraction of sp³-hybridized carbons (Fsp3) is 0.235. The van der Waals surface area contributed by atoms with Crippen LogP contribution in [0.3, 0.4) is 0 Å². The van der Waals surface area contributed by atoms with E-state index in [1.165, 1.54) is 18.3 Å². The minimum atomic E-state index is -0.415. The third-order valence-corrected chi connectivity index (χ3v) is 3.37. The number of nitrogens with zero attached hydrogens (tertiary/aromatic N) is 1. The summed E-state index contributed by atoms with van der Waals surface area (Å²) in [7, 11) is 0. The molecule has 0 aliphatic heterocycles. The molecule has 120 valence electrons. The smallest absolute Gasteiger partial charge is 0.243 e. The lowest BCUT2D eigenvalue weighted by Crippen LogP contribution is -2.35. The molecule has 0 aliphatic carbocycles. The number of benzene rings is 1. The Labute approximate surface area is 133 Å². The lowest BCUT2D eigenvalue weighted by atomic mass is 9.95. The molecule has 0 saturated carbocycles. The van der Waals surface area contributed by atoms with Crippen molar-refractivity contribution in [2.75, 3.05) is 11.9 Å². The minimum Gasteiger partial charge on any atom is -0.346 e. The van der Waals surface area contributed by atoms with Gasteiger partial charge in [0.05, 0.1) is 24.3 Å². The van der Waals surface area contributed by atoms with Gasteiger partial charge in [-0.05, 0) is 36.2 Å². The molecule has 1 atom stereocenters. The summed E-state index contributed by atoms with van der Waals surface area (Å²) in [5.74, 6) is -1.36. The van der Waals surface area contributed by atoms with Gasteiger partial charge in [-0.25, -0.2) is 4.39 Å². The summed E-state index contributed by atoms with van der Waals surface area (Å²) in [5, 5.41) is 5.24. The summed E-state index contributed by atoms with van der Waals surface area (Å²) in [6, 6.07) is 9.22. The van der Waals surface area contributed by atoms with Gasteiger partial charge in [0.2, 0.25) is 11.8 Å². The van der Waals surface area contributed by atoms with Gasteiger partial charge in [0.25, 0.3) is 0 Å². The standard InChI is InChI=1S/C17H18FN3O2/c1-2-15(12-5-7-13(18)8-6-12)17(23)20-11-16(22)21-14-4-3-9-19-10-14/h3-10,15H,2,11H2,1H3,(H,20,23)(H,21,22)/t15-/m0/s1. The number of halogens is 1. The molecule has 0 fully saturated rings. The maximum atomic E-state index is 13.0. The van der Waals surface area contributed by atoms with Crippen molar-refractivity contribution in [3.63, 3.8) is 0 Å². The molecule has 1 heterocycles. The van der Waals surface area contributed by atoms with Crippen LogP contribution in [0.15, 0.2) is 48.8 Å². The first-order chi connectivity index (χ1) is 11.1. The molecule has 2 N–H and O–H groups in total. The molecule has 1 aromatic carbocycles. The van der Waals surface area contributed by atoms with Crippen molar-refractivity contribution in [3.05, 3.63) is 60.2 Å². The van der Waals surface area contributed by atoms with Crippen LogP contribution in [-0.4, -0.2) is 23.3 Å². The number of nitrogens with one attached hydrogen (secondary N) is 2. The van der Waals surface area contributed by atoms with Gasteiger partial charge in [0.15, 0.2) is 0 Å². The number of aromatic nitrogens is 1. The summed E-state index contributed by atoms with van der Waals surface area (Å²) < 4.78 is 13.0. The van der Waals surface area contributed by atoms with Gasteiger partial charge < -0.3 is 10.6 Å². The summed E-state index contributed by atoms with van der Waals surface area (Å²) in [5.41, 5.74) is 1.29. The normalized spacial score (nSPS) is 11.6. The zero-order valence-electron chi connectivity index (χ0n) is 12.8. The van der Waals surface area contributed by atoms with Gasteiger partial charge in [-0.3, -0.25) is 14.6 Å². The third kappa shape index (κ3) is 4.88. The molecule has 0 radical (unpaired) electrons. The Morgan fingerprint density at radius 2 is 1.96 bits per heavy atom. The first kappa shape index (κ1) is 16.6. The molecule has 2 aromatic rings. The molecule has 1 aromatic heterocycles. The molecular weight excluding hydrogens is 297 g/mol. The highest BCUT2D eigenvalue weighted by atomic mass is 19.1. The minimum absolute atomic E-state index is 0.134.